The molecule has 2 aliphatic rings. The van der Waals surface area contributed by atoms with Crippen LogP contribution in [0.25, 0.3) is 0 Å². The summed E-state index contributed by atoms with van der Waals surface area (Å²) in [6, 6.07) is 4.47. The van der Waals surface area contributed by atoms with E-state index in [4.69, 9.17) is 14.0 Å². The molecule has 0 spiro atoms. The van der Waals surface area contributed by atoms with Gasteiger partial charge in [-0.1, -0.05) is 91.2 Å². The fraction of sp³-hybridized carbons (Fsp3) is 0.824. The summed E-state index contributed by atoms with van der Waals surface area (Å²) in [5, 5.41) is 0. The summed E-state index contributed by atoms with van der Waals surface area (Å²) >= 11 is 0. The van der Waals surface area contributed by atoms with Crippen molar-refractivity contribution in [3.63, 3.8) is 0 Å². The summed E-state index contributed by atoms with van der Waals surface area (Å²) in [4.78, 5) is 0. The Morgan fingerprint density at radius 2 is 1.32 bits per heavy atom. The van der Waals surface area contributed by atoms with Gasteiger partial charge in [0.2, 0.25) is 0 Å². The molecule has 3 atom stereocenters. The van der Waals surface area contributed by atoms with Crippen molar-refractivity contribution in [1.29, 1.82) is 0 Å². The average molecular weight is 527 g/mol. The molecule has 3 rings (SSSR count). The quantitative estimate of drug-likeness (QED) is 0.179. The summed E-state index contributed by atoms with van der Waals surface area (Å²) in [6.45, 7) is 22.5. The van der Waals surface area contributed by atoms with Crippen molar-refractivity contribution in [3.8, 4) is 5.75 Å². The van der Waals surface area contributed by atoms with Gasteiger partial charge in [-0.15, -0.1) is 0 Å². The van der Waals surface area contributed by atoms with Gasteiger partial charge in [0.15, 0.2) is 0 Å². The van der Waals surface area contributed by atoms with Crippen molar-refractivity contribution in [1.82, 2.24) is 0 Å². The fourth-order valence-corrected chi connectivity index (χ4v) is 6.17. The van der Waals surface area contributed by atoms with E-state index in [1.54, 1.807) is 0 Å². The van der Waals surface area contributed by atoms with E-state index in [0.29, 0.717) is 0 Å². The highest BCUT2D eigenvalue weighted by Crippen LogP contribution is 2.40. The fourth-order valence-electron chi connectivity index (χ4n) is 6.17. The molecule has 2 heterocycles. The van der Waals surface area contributed by atoms with E-state index < -0.39 is 0 Å². The Hall–Kier alpha value is -0.995. The molecule has 1 saturated heterocycles. The highest BCUT2D eigenvalue weighted by molar-refractivity contribution is 6.62. The molecule has 216 valence electrons. The van der Waals surface area contributed by atoms with Crippen molar-refractivity contribution in [3.05, 3.63) is 23.3 Å². The number of hydrogen-bond donors (Lipinski definition) is 0. The molecule has 0 amide bonds. The van der Waals surface area contributed by atoms with Crippen LogP contribution in [0, 0.1) is 24.7 Å². The zero-order chi connectivity index (χ0) is 28.1. The number of rotatable bonds is 14. The first-order valence-corrected chi connectivity index (χ1v) is 15.9. The lowest BCUT2D eigenvalue weighted by atomic mass is 9.76. The van der Waals surface area contributed by atoms with Crippen LogP contribution in [0.2, 0.25) is 0 Å². The first-order chi connectivity index (χ1) is 17.7. The number of ether oxygens (including phenoxy) is 1. The zero-order valence-electron chi connectivity index (χ0n) is 26.7. The highest BCUT2D eigenvalue weighted by atomic mass is 16.7. The third kappa shape index (κ3) is 8.50. The molecule has 1 fully saturated rings. The molecule has 0 saturated carbocycles. The number of benzene rings is 1. The predicted octanol–water partition coefficient (Wildman–Crippen LogP) is 9.21. The van der Waals surface area contributed by atoms with Gasteiger partial charge >= 0.3 is 7.12 Å². The summed E-state index contributed by atoms with van der Waals surface area (Å²) in [6.07, 6.45) is 15.6. The normalized spacial score (nSPS) is 23.8. The van der Waals surface area contributed by atoms with E-state index >= 15 is 0 Å². The second-order valence-corrected chi connectivity index (χ2v) is 14.7. The van der Waals surface area contributed by atoms with Gasteiger partial charge in [-0.3, -0.25) is 0 Å². The predicted molar refractivity (Wildman–Crippen MR) is 164 cm³/mol. The maximum absolute atomic E-state index is 6.71. The zero-order valence-corrected chi connectivity index (χ0v) is 26.7. The molecular weight excluding hydrogens is 467 g/mol. The van der Waals surface area contributed by atoms with E-state index in [1.165, 1.54) is 68.9 Å². The molecule has 0 unspecified atom stereocenters. The molecule has 38 heavy (non-hydrogen) atoms. The van der Waals surface area contributed by atoms with Gasteiger partial charge in [0.25, 0.3) is 0 Å². The molecule has 1 aromatic rings. The molecule has 4 heteroatoms. The van der Waals surface area contributed by atoms with Crippen LogP contribution in [0.5, 0.6) is 5.75 Å². The first-order valence-electron chi connectivity index (χ1n) is 15.9. The lowest BCUT2D eigenvalue weighted by Crippen LogP contribution is -2.41. The molecule has 2 aliphatic heterocycles. The molecule has 3 nitrogen and oxygen atoms in total. The van der Waals surface area contributed by atoms with Gasteiger partial charge in [-0.25, -0.2) is 0 Å². The largest absolute Gasteiger partial charge is 0.494 e. The minimum Gasteiger partial charge on any atom is -0.487 e. The number of hydrogen-bond acceptors (Lipinski definition) is 3. The van der Waals surface area contributed by atoms with Crippen molar-refractivity contribution in [2.45, 2.75) is 163 Å². The van der Waals surface area contributed by atoms with Crippen molar-refractivity contribution >= 4 is 12.6 Å². The van der Waals surface area contributed by atoms with Crippen LogP contribution in [0.1, 0.15) is 144 Å². The Balaban J connectivity index is 1.41. The lowest BCUT2D eigenvalue weighted by Gasteiger charge is -2.37. The minimum absolute atomic E-state index is 0.0573. The number of fused-ring (bicyclic) bond motifs is 1. The van der Waals surface area contributed by atoms with Crippen LogP contribution >= 0.6 is 0 Å². The van der Waals surface area contributed by atoms with E-state index in [0.717, 1.165) is 48.2 Å². The average Bonchev–Trinajstić information content (AvgIpc) is 3.04. The second-order valence-electron chi connectivity index (χ2n) is 14.7. The Kier molecular flexibility index (Phi) is 10.9. The first kappa shape index (κ1) is 31.5. The van der Waals surface area contributed by atoms with Crippen LogP contribution in [0.3, 0.4) is 0 Å². The highest BCUT2D eigenvalue weighted by Gasteiger charge is 2.52. The van der Waals surface area contributed by atoms with E-state index in [1.807, 2.05) is 0 Å². The maximum atomic E-state index is 6.71. The van der Waals surface area contributed by atoms with E-state index in [-0.39, 0.29) is 23.9 Å². The van der Waals surface area contributed by atoms with Gasteiger partial charge in [0, 0.05) is 0 Å². The summed E-state index contributed by atoms with van der Waals surface area (Å²) in [7, 11) is -0.313. The maximum Gasteiger partial charge on any atom is 0.494 e. The number of unbranched alkanes of at least 4 members (excludes halogenated alkanes) is 1. The van der Waals surface area contributed by atoms with Crippen molar-refractivity contribution in [2.24, 2.45) is 17.8 Å². The number of aryl methyl sites for hydroxylation is 2. The Bertz CT molecular complexity index is 876. The van der Waals surface area contributed by atoms with Crippen LogP contribution in [0.15, 0.2) is 12.1 Å². The second kappa shape index (κ2) is 13.1. The smallest absolute Gasteiger partial charge is 0.487 e. The Morgan fingerprint density at radius 1 is 0.763 bits per heavy atom. The molecule has 0 aliphatic carbocycles. The lowest BCUT2D eigenvalue weighted by molar-refractivity contribution is 0.00578. The molecule has 0 bridgehead atoms. The molecule has 1 aromatic carbocycles. The van der Waals surface area contributed by atoms with Gasteiger partial charge in [-0.05, 0) is 102 Å². The Morgan fingerprint density at radius 3 is 1.89 bits per heavy atom. The van der Waals surface area contributed by atoms with Crippen molar-refractivity contribution < 1.29 is 14.0 Å². The van der Waals surface area contributed by atoms with Gasteiger partial charge in [0.05, 0.1) is 11.2 Å². The minimum atomic E-state index is -0.320. The molecule has 0 N–H and O–H groups in total. The third-order valence-electron chi connectivity index (χ3n) is 9.70. The van der Waals surface area contributed by atoms with E-state index in [2.05, 4.69) is 81.4 Å². The van der Waals surface area contributed by atoms with E-state index in [9.17, 15) is 0 Å². The molecule has 0 aromatic heterocycles. The van der Waals surface area contributed by atoms with Crippen LogP contribution < -0.4 is 10.2 Å². The summed E-state index contributed by atoms with van der Waals surface area (Å²) in [5.41, 5.74) is 2.92. The van der Waals surface area contributed by atoms with Crippen LogP contribution in [0.4, 0.5) is 0 Å². The molecule has 0 radical (unpaired) electrons. The van der Waals surface area contributed by atoms with Gasteiger partial charge < -0.3 is 14.0 Å². The Labute approximate surface area is 236 Å². The summed E-state index contributed by atoms with van der Waals surface area (Å²) < 4.78 is 19.3. The van der Waals surface area contributed by atoms with Crippen LogP contribution in [-0.4, -0.2) is 23.9 Å². The SMILES string of the molecule is Cc1cc(B2OC(C)(C)C(C)(C)O2)cc2c1O[C@@](C)(CCCC[C@H](C)CCC[C@H](C)CCCC(C)C)CC2. The third-order valence-corrected chi connectivity index (χ3v) is 9.70. The van der Waals surface area contributed by atoms with Gasteiger partial charge in [0.1, 0.15) is 11.4 Å². The standard InChI is InChI=1S/C34H59BO3/c1-25(2)15-13-17-27(4)19-14-18-26(3)16-11-12-21-34(10)22-20-29-24-30(23-28(5)31(29)36-34)35-37-32(6,7)33(8,9)38-35/h23-27H,11-22H2,1-10H3/t26-,27+,34-/m0/s1. The molecular formula is C34H59BO3. The van der Waals surface area contributed by atoms with Gasteiger partial charge in [-0.2, -0.15) is 0 Å². The van der Waals surface area contributed by atoms with Crippen LogP contribution in [-0.2, 0) is 15.7 Å². The van der Waals surface area contributed by atoms with Crippen molar-refractivity contribution in [2.75, 3.05) is 0 Å². The topological polar surface area (TPSA) is 27.7 Å². The summed E-state index contributed by atoms with van der Waals surface area (Å²) in [5.74, 6) is 3.68. The monoisotopic (exact) mass is 526 g/mol.